The second-order valence-corrected chi connectivity index (χ2v) is 6.24. The van der Waals surface area contributed by atoms with Gasteiger partial charge < -0.3 is 9.52 Å². The fourth-order valence-corrected chi connectivity index (χ4v) is 2.92. The van der Waals surface area contributed by atoms with Crippen LogP contribution in [-0.4, -0.2) is 31.8 Å². The maximum absolute atomic E-state index is 12.0. The number of nitrogens with one attached hydrogen (secondary N) is 1. The first-order valence-corrected chi connectivity index (χ1v) is 7.72. The zero-order valence-electron chi connectivity index (χ0n) is 11.5. The minimum atomic E-state index is -3.92. The molecule has 1 atom stereocenters. The fourth-order valence-electron chi connectivity index (χ4n) is 1.72. The average molecular weight is 323 g/mol. The molecule has 0 aliphatic carbocycles. The third-order valence-corrected chi connectivity index (χ3v) is 4.45. The highest BCUT2D eigenvalue weighted by atomic mass is 32.2. The van der Waals surface area contributed by atoms with Gasteiger partial charge in [-0.25, -0.2) is 8.42 Å². The van der Waals surface area contributed by atoms with Crippen LogP contribution in [0, 0.1) is 0 Å². The molecule has 0 aliphatic rings. The van der Waals surface area contributed by atoms with Crippen molar-refractivity contribution in [3.8, 4) is 11.3 Å². The first kappa shape index (κ1) is 15.9. The van der Waals surface area contributed by atoms with E-state index in [9.17, 15) is 18.0 Å². The molecule has 0 spiro atoms. The molecule has 1 aromatic heterocycles. The monoisotopic (exact) mass is 323 g/mol. The normalized spacial score (nSPS) is 12.8. The summed E-state index contributed by atoms with van der Waals surface area (Å²) >= 11 is 0. The van der Waals surface area contributed by atoms with E-state index in [-0.39, 0.29) is 10.7 Å². The Morgan fingerprint density at radius 1 is 1.23 bits per heavy atom. The Labute approximate surface area is 126 Å². The lowest BCUT2D eigenvalue weighted by Crippen LogP contribution is -2.38. The Kier molecular flexibility index (Phi) is 4.43. The van der Waals surface area contributed by atoms with Crippen LogP contribution in [0.5, 0.6) is 0 Å². The summed E-state index contributed by atoms with van der Waals surface area (Å²) < 4.78 is 31.3. The number of carbonyl (C=O) groups is 2. The van der Waals surface area contributed by atoms with E-state index in [2.05, 4.69) is 0 Å². The molecule has 1 heterocycles. The molecule has 0 amide bonds. The van der Waals surface area contributed by atoms with Gasteiger partial charge >= 0.3 is 5.97 Å². The third kappa shape index (κ3) is 3.41. The zero-order valence-corrected chi connectivity index (χ0v) is 12.3. The molecule has 2 aromatic rings. The molecule has 0 saturated heterocycles. The van der Waals surface area contributed by atoms with Crippen LogP contribution >= 0.6 is 0 Å². The number of carboxylic acids is 1. The Morgan fingerprint density at radius 3 is 2.36 bits per heavy atom. The Balaban J connectivity index is 2.24. The van der Waals surface area contributed by atoms with Gasteiger partial charge in [0.15, 0.2) is 12.0 Å². The van der Waals surface area contributed by atoms with Crippen molar-refractivity contribution in [2.24, 2.45) is 0 Å². The molecule has 0 saturated carbocycles. The van der Waals surface area contributed by atoms with E-state index in [0.717, 1.165) is 0 Å². The van der Waals surface area contributed by atoms with Gasteiger partial charge in [0.1, 0.15) is 11.8 Å². The number of carbonyl (C=O) groups excluding carboxylic acids is 1. The van der Waals surface area contributed by atoms with Crippen molar-refractivity contribution in [2.75, 3.05) is 0 Å². The van der Waals surface area contributed by atoms with Crippen LogP contribution in [0.25, 0.3) is 11.3 Å². The smallest absolute Gasteiger partial charge is 0.321 e. The molecule has 116 valence electrons. The van der Waals surface area contributed by atoms with E-state index in [0.29, 0.717) is 17.6 Å². The molecule has 2 N–H and O–H groups in total. The van der Waals surface area contributed by atoms with Crippen LogP contribution in [0.4, 0.5) is 0 Å². The lowest BCUT2D eigenvalue weighted by Gasteiger charge is -2.10. The van der Waals surface area contributed by atoms with Gasteiger partial charge in [-0.05, 0) is 43.3 Å². The summed E-state index contributed by atoms with van der Waals surface area (Å²) in [5.41, 5.74) is 0.596. The molecule has 0 bridgehead atoms. The van der Waals surface area contributed by atoms with Crippen LogP contribution in [0.15, 0.2) is 45.7 Å². The predicted molar refractivity (Wildman–Crippen MR) is 77.0 cm³/mol. The third-order valence-electron chi connectivity index (χ3n) is 2.89. The molecular formula is C14H13NO6S. The van der Waals surface area contributed by atoms with E-state index >= 15 is 0 Å². The van der Waals surface area contributed by atoms with E-state index in [4.69, 9.17) is 9.52 Å². The molecule has 1 unspecified atom stereocenters. The lowest BCUT2D eigenvalue weighted by atomic mass is 10.2. The summed E-state index contributed by atoms with van der Waals surface area (Å²) in [5, 5.41) is 8.74. The predicted octanol–water partition coefficient (Wildman–Crippen LogP) is 1.51. The highest BCUT2D eigenvalue weighted by molar-refractivity contribution is 7.89. The largest absolute Gasteiger partial charge is 0.480 e. The van der Waals surface area contributed by atoms with Crippen LogP contribution in [0.3, 0.4) is 0 Å². The summed E-state index contributed by atoms with van der Waals surface area (Å²) in [6.07, 6.45) is 0.569. The molecule has 0 radical (unpaired) electrons. The number of sulfonamides is 1. The number of hydrogen-bond donors (Lipinski definition) is 2. The van der Waals surface area contributed by atoms with Gasteiger partial charge in [0.25, 0.3) is 0 Å². The van der Waals surface area contributed by atoms with Crippen molar-refractivity contribution < 1.29 is 27.5 Å². The summed E-state index contributed by atoms with van der Waals surface area (Å²) in [7, 11) is -3.92. The molecule has 0 fully saturated rings. The van der Waals surface area contributed by atoms with Crippen molar-refractivity contribution in [3.05, 3.63) is 42.2 Å². The average Bonchev–Trinajstić information content (AvgIpc) is 2.95. The van der Waals surface area contributed by atoms with E-state index in [1.807, 2.05) is 4.72 Å². The van der Waals surface area contributed by atoms with E-state index < -0.39 is 22.0 Å². The molecular weight excluding hydrogens is 310 g/mol. The summed E-state index contributed by atoms with van der Waals surface area (Å²) in [6.45, 7) is 1.23. The van der Waals surface area contributed by atoms with Gasteiger partial charge in [-0.2, -0.15) is 4.72 Å². The van der Waals surface area contributed by atoms with Gasteiger partial charge in [-0.15, -0.1) is 0 Å². The van der Waals surface area contributed by atoms with Crippen LogP contribution in [-0.2, 0) is 14.8 Å². The van der Waals surface area contributed by atoms with E-state index in [1.165, 1.54) is 37.3 Å². The quantitative estimate of drug-likeness (QED) is 0.779. The molecule has 1 aromatic carbocycles. The standard InChI is InChI=1S/C14H13NO6S/c1-9(14(17)18)15-22(19,20)12-5-2-10(3-6-12)13-7-4-11(8-16)21-13/h2-9,15H,1H3,(H,17,18). The van der Waals surface area contributed by atoms with Crippen LogP contribution in [0.1, 0.15) is 17.5 Å². The molecule has 8 heteroatoms. The topological polar surface area (TPSA) is 114 Å². The highest BCUT2D eigenvalue weighted by Crippen LogP contribution is 2.23. The number of rotatable bonds is 6. The summed E-state index contributed by atoms with van der Waals surface area (Å²) in [4.78, 5) is 21.2. The van der Waals surface area contributed by atoms with Crippen LogP contribution < -0.4 is 4.72 Å². The minimum Gasteiger partial charge on any atom is -0.480 e. The first-order valence-electron chi connectivity index (χ1n) is 6.24. The fraction of sp³-hybridized carbons (Fsp3) is 0.143. The van der Waals surface area contributed by atoms with Crippen LogP contribution in [0.2, 0.25) is 0 Å². The maximum Gasteiger partial charge on any atom is 0.321 e. The first-order chi connectivity index (χ1) is 10.3. The molecule has 0 aliphatic heterocycles. The summed E-state index contributed by atoms with van der Waals surface area (Å²) in [6, 6.07) is 7.54. The Bertz CT molecular complexity index is 791. The van der Waals surface area contributed by atoms with Crippen molar-refractivity contribution in [1.82, 2.24) is 4.72 Å². The van der Waals surface area contributed by atoms with E-state index in [1.54, 1.807) is 6.07 Å². The van der Waals surface area contributed by atoms with Gasteiger partial charge in [0, 0.05) is 5.56 Å². The second kappa shape index (κ2) is 6.12. The molecule has 2 rings (SSSR count). The second-order valence-electron chi connectivity index (χ2n) is 4.53. The van der Waals surface area contributed by atoms with Crippen molar-refractivity contribution in [3.63, 3.8) is 0 Å². The maximum atomic E-state index is 12.0. The SMILES string of the molecule is CC(NS(=O)(=O)c1ccc(-c2ccc(C=O)o2)cc1)C(=O)O. The van der Waals surface area contributed by atoms with Crippen molar-refractivity contribution in [1.29, 1.82) is 0 Å². The van der Waals surface area contributed by atoms with Crippen molar-refractivity contribution >= 4 is 22.3 Å². The molecule has 22 heavy (non-hydrogen) atoms. The van der Waals surface area contributed by atoms with Gasteiger partial charge in [0.2, 0.25) is 10.0 Å². The highest BCUT2D eigenvalue weighted by Gasteiger charge is 2.21. The number of aliphatic carboxylic acids is 1. The van der Waals surface area contributed by atoms with Gasteiger partial charge in [-0.1, -0.05) is 0 Å². The number of furan rings is 1. The van der Waals surface area contributed by atoms with Crippen molar-refractivity contribution in [2.45, 2.75) is 17.9 Å². The zero-order chi connectivity index (χ0) is 16.3. The Morgan fingerprint density at radius 2 is 1.86 bits per heavy atom. The Hall–Kier alpha value is -2.45. The number of hydrogen-bond acceptors (Lipinski definition) is 5. The minimum absolute atomic E-state index is 0.0634. The number of carboxylic acid groups (broad SMARTS) is 1. The van der Waals surface area contributed by atoms with Gasteiger partial charge in [0.05, 0.1) is 4.90 Å². The summed E-state index contributed by atoms with van der Waals surface area (Å²) in [5.74, 6) is -0.668. The number of benzene rings is 1. The lowest BCUT2D eigenvalue weighted by molar-refractivity contribution is -0.138. The van der Waals surface area contributed by atoms with Gasteiger partial charge in [-0.3, -0.25) is 9.59 Å². The number of aldehydes is 1. The molecule has 7 nitrogen and oxygen atoms in total.